The van der Waals surface area contributed by atoms with Gasteiger partial charge in [-0.1, -0.05) is 0 Å². The fraction of sp³-hybridized carbons (Fsp3) is 0.500. The molecular weight excluding hydrogens is 252 g/mol. The Bertz CT molecular complexity index is 612. The molecule has 0 aliphatic carbocycles. The molecule has 0 saturated carbocycles. The molecule has 0 spiro atoms. The molecule has 0 unspecified atom stereocenters. The van der Waals surface area contributed by atoms with Crippen LogP contribution in [-0.4, -0.2) is 9.97 Å². The van der Waals surface area contributed by atoms with Gasteiger partial charge in [-0.05, 0) is 65.5 Å². The molecule has 0 fully saturated rings. The fourth-order valence-electron chi connectivity index (χ4n) is 2.28. The second kappa shape index (κ2) is 5.41. The standard InChI is InChI=1S/C16H22N2S/c1-9-10(2)16(19-14(9)6)8-7-15-13(5)17-11(3)12(4)18-15/h7-8H2,1-6H3. The highest BCUT2D eigenvalue weighted by Crippen LogP contribution is 2.27. The van der Waals surface area contributed by atoms with Crippen LogP contribution in [0.25, 0.3) is 0 Å². The summed E-state index contributed by atoms with van der Waals surface area (Å²) in [7, 11) is 0. The van der Waals surface area contributed by atoms with Gasteiger partial charge in [-0.2, -0.15) is 0 Å². The Morgan fingerprint density at radius 1 is 0.737 bits per heavy atom. The van der Waals surface area contributed by atoms with Crippen LogP contribution in [0, 0.1) is 41.5 Å². The fourth-order valence-corrected chi connectivity index (χ4v) is 3.47. The number of rotatable bonds is 3. The zero-order valence-electron chi connectivity index (χ0n) is 12.7. The summed E-state index contributed by atoms with van der Waals surface area (Å²) in [6, 6.07) is 0. The molecule has 2 heterocycles. The Morgan fingerprint density at radius 2 is 1.37 bits per heavy atom. The predicted molar refractivity (Wildman–Crippen MR) is 82.2 cm³/mol. The molecule has 0 N–H and O–H groups in total. The summed E-state index contributed by atoms with van der Waals surface area (Å²) in [5, 5.41) is 0. The van der Waals surface area contributed by atoms with Crippen molar-refractivity contribution in [2.45, 2.75) is 54.4 Å². The first kappa shape index (κ1) is 14.2. The number of thiophene rings is 1. The summed E-state index contributed by atoms with van der Waals surface area (Å²) >= 11 is 1.93. The van der Waals surface area contributed by atoms with E-state index in [4.69, 9.17) is 0 Å². The highest BCUT2D eigenvalue weighted by Gasteiger charge is 2.11. The third-order valence-corrected chi connectivity index (χ3v) is 5.32. The molecule has 0 aliphatic heterocycles. The molecule has 0 radical (unpaired) electrons. The van der Waals surface area contributed by atoms with Gasteiger partial charge in [0.1, 0.15) is 0 Å². The van der Waals surface area contributed by atoms with Gasteiger partial charge in [0, 0.05) is 9.75 Å². The predicted octanol–water partition coefficient (Wildman–Crippen LogP) is 4.17. The van der Waals surface area contributed by atoms with E-state index in [0.29, 0.717) is 0 Å². The summed E-state index contributed by atoms with van der Waals surface area (Å²) in [6.45, 7) is 12.8. The van der Waals surface area contributed by atoms with E-state index in [1.54, 1.807) is 0 Å². The van der Waals surface area contributed by atoms with Gasteiger partial charge in [0.05, 0.1) is 22.8 Å². The van der Waals surface area contributed by atoms with E-state index < -0.39 is 0 Å². The quantitative estimate of drug-likeness (QED) is 0.839. The van der Waals surface area contributed by atoms with E-state index in [0.717, 1.165) is 35.6 Å². The molecule has 0 aliphatic rings. The first-order chi connectivity index (χ1) is 8.90. The molecule has 2 nitrogen and oxygen atoms in total. The van der Waals surface area contributed by atoms with Crippen LogP contribution < -0.4 is 0 Å². The first-order valence-electron chi connectivity index (χ1n) is 6.76. The summed E-state index contributed by atoms with van der Waals surface area (Å²) < 4.78 is 0. The largest absolute Gasteiger partial charge is 0.255 e. The molecule has 102 valence electrons. The van der Waals surface area contributed by atoms with Crippen LogP contribution in [0.3, 0.4) is 0 Å². The van der Waals surface area contributed by atoms with Gasteiger partial charge in [-0.15, -0.1) is 11.3 Å². The number of hydrogen-bond acceptors (Lipinski definition) is 3. The van der Waals surface area contributed by atoms with Crippen LogP contribution in [0.2, 0.25) is 0 Å². The molecular formula is C16H22N2S. The molecule has 0 aromatic carbocycles. The monoisotopic (exact) mass is 274 g/mol. The first-order valence-corrected chi connectivity index (χ1v) is 7.58. The smallest absolute Gasteiger partial charge is 0.0622 e. The van der Waals surface area contributed by atoms with E-state index in [2.05, 4.69) is 37.7 Å². The molecule has 2 aromatic heterocycles. The maximum absolute atomic E-state index is 4.69. The Hall–Kier alpha value is -1.22. The molecule has 2 aromatic rings. The van der Waals surface area contributed by atoms with Crippen molar-refractivity contribution in [1.29, 1.82) is 0 Å². The van der Waals surface area contributed by atoms with Crippen LogP contribution in [0.5, 0.6) is 0 Å². The van der Waals surface area contributed by atoms with Crippen LogP contribution >= 0.6 is 11.3 Å². The normalized spacial score (nSPS) is 11.1. The SMILES string of the molecule is Cc1nc(C)c(CCc2sc(C)c(C)c2C)nc1C. The zero-order chi connectivity index (χ0) is 14.2. The maximum Gasteiger partial charge on any atom is 0.0622 e. The Kier molecular flexibility index (Phi) is 4.04. The third kappa shape index (κ3) is 2.86. The topological polar surface area (TPSA) is 25.8 Å². The lowest BCUT2D eigenvalue weighted by Crippen LogP contribution is -2.04. The average molecular weight is 274 g/mol. The number of aromatic nitrogens is 2. The van der Waals surface area contributed by atoms with Gasteiger partial charge in [0.25, 0.3) is 0 Å². The lowest BCUT2D eigenvalue weighted by atomic mass is 10.1. The Morgan fingerprint density at radius 3 is 1.95 bits per heavy atom. The van der Waals surface area contributed by atoms with E-state index in [-0.39, 0.29) is 0 Å². The van der Waals surface area contributed by atoms with Crippen molar-refractivity contribution in [3.05, 3.63) is 43.7 Å². The highest BCUT2D eigenvalue weighted by atomic mass is 32.1. The van der Waals surface area contributed by atoms with Crippen molar-refractivity contribution >= 4 is 11.3 Å². The van der Waals surface area contributed by atoms with Gasteiger partial charge in [-0.3, -0.25) is 9.97 Å². The van der Waals surface area contributed by atoms with Gasteiger partial charge in [-0.25, -0.2) is 0 Å². The molecule has 0 bridgehead atoms. The van der Waals surface area contributed by atoms with Gasteiger partial charge in [0.15, 0.2) is 0 Å². The second-order valence-corrected chi connectivity index (χ2v) is 6.57. The maximum atomic E-state index is 4.69. The van der Waals surface area contributed by atoms with E-state index in [9.17, 15) is 0 Å². The average Bonchev–Trinajstić information content (AvgIpc) is 2.60. The molecule has 0 atom stereocenters. The molecule has 0 amide bonds. The van der Waals surface area contributed by atoms with Gasteiger partial charge in [0.2, 0.25) is 0 Å². The summed E-state index contributed by atoms with van der Waals surface area (Å²) in [5.74, 6) is 0. The van der Waals surface area contributed by atoms with Crippen LogP contribution in [0.1, 0.15) is 43.7 Å². The van der Waals surface area contributed by atoms with Gasteiger partial charge >= 0.3 is 0 Å². The van der Waals surface area contributed by atoms with Crippen molar-refractivity contribution in [2.24, 2.45) is 0 Å². The van der Waals surface area contributed by atoms with Crippen molar-refractivity contribution < 1.29 is 0 Å². The second-order valence-electron chi connectivity index (χ2n) is 5.26. The lowest BCUT2D eigenvalue weighted by Gasteiger charge is -2.07. The van der Waals surface area contributed by atoms with Crippen molar-refractivity contribution in [3.63, 3.8) is 0 Å². The lowest BCUT2D eigenvalue weighted by molar-refractivity contribution is 0.854. The minimum atomic E-state index is 0.986. The van der Waals surface area contributed by atoms with E-state index in [1.807, 2.05) is 25.2 Å². The van der Waals surface area contributed by atoms with Crippen LogP contribution in [0.4, 0.5) is 0 Å². The molecule has 19 heavy (non-hydrogen) atoms. The summed E-state index contributed by atoms with van der Waals surface area (Å²) in [6.07, 6.45) is 2.06. The van der Waals surface area contributed by atoms with Crippen molar-refractivity contribution in [3.8, 4) is 0 Å². The summed E-state index contributed by atoms with van der Waals surface area (Å²) in [4.78, 5) is 12.2. The number of hydrogen-bond donors (Lipinski definition) is 0. The zero-order valence-corrected chi connectivity index (χ0v) is 13.5. The number of aryl methyl sites for hydroxylation is 6. The number of nitrogens with zero attached hydrogens (tertiary/aromatic N) is 2. The Labute approximate surface area is 119 Å². The third-order valence-electron chi connectivity index (χ3n) is 3.95. The molecule has 3 heteroatoms. The van der Waals surface area contributed by atoms with Crippen molar-refractivity contribution in [1.82, 2.24) is 9.97 Å². The minimum Gasteiger partial charge on any atom is -0.255 e. The van der Waals surface area contributed by atoms with Crippen LogP contribution in [-0.2, 0) is 12.8 Å². The highest BCUT2D eigenvalue weighted by molar-refractivity contribution is 7.12. The molecule has 2 rings (SSSR count). The van der Waals surface area contributed by atoms with E-state index in [1.165, 1.54) is 20.9 Å². The Balaban J connectivity index is 2.19. The van der Waals surface area contributed by atoms with E-state index >= 15 is 0 Å². The van der Waals surface area contributed by atoms with Crippen molar-refractivity contribution in [2.75, 3.05) is 0 Å². The van der Waals surface area contributed by atoms with Crippen LogP contribution in [0.15, 0.2) is 0 Å². The summed E-state index contributed by atoms with van der Waals surface area (Å²) in [5.41, 5.74) is 7.22. The molecule has 0 saturated heterocycles. The van der Waals surface area contributed by atoms with Gasteiger partial charge < -0.3 is 0 Å². The minimum absolute atomic E-state index is 0.986.